The molecule has 1 aliphatic rings. The molecule has 0 aromatic rings. The van der Waals surface area contributed by atoms with Crippen LogP contribution in [-0.2, 0) is 28.7 Å². The predicted molar refractivity (Wildman–Crippen MR) is 120 cm³/mol. The lowest BCUT2D eigenvalue weighted by Gasteiger charge is -2.29. The lowest BCUT2D eigenvalue weighted by Crippen LogP contribution is -2.57. The van der Waals surface area contributed by atoms with E-state index in [0.29, 0.717) is 25.7 Å². The van der Waals surface area contributed by atoms with Gasteiger partial charge in [-0.25, -0.2) is 9.59 Å². The van der Waals surface area contributed by atoms with Gasteiger partial charge in [0.05, 0.1) is 26.4 Å². The molecule has 10 nitrogen and oxygen atoms in total. The average molecular weight is 473 g/mol. The van der Waals surface area contributed by atoms with Crippen molar-refractivity contribution in [2.75, 3.05) is 26.4 Å². The van der Waals surface area contributed by atoms with Crippen LogP contribution in [0.25, 0.3) is 0 Å². The first kappa shape index (κ1) is 28.8. The molecule has 190 valence electrons. The molecule has 2 amide bonds. The summed E-state index contributed by atoms with van der Waals surface area (Å²) in [7, 11) is 0. The number of ether oxygens (including phenoxy) is 2. The summed E-state index contributed by atoms with van der Waals surface area (Å²) >= 11 is 0. The molecule has 0 heterocycles. The molecular weight excluding hydrogens is 432 g/mol. The van der Waals surface area contributed by atoms with Gasteiger partial charge in [0.15, 0.2) is 12.1 Å². The van der Waals surface area contributed by atoms with Gasteiger partial charge in [-0.3, -0.25) is 9.59 Å². The number of amides is 2. The summed E-state index contributed by atoms with van der Waals surface area (Å²) in [5, 5.41) is 24.0. The molecule has 2 atom stereocenters. The Morgan fingerprint density at radius 2 is 1.15 bits per heavy atom. The van der Waals surface area contributed by atoms with Gasteiger partial charge in [-0.2, -0.15) is 0 Å². The summed E-state index contributed by atoms with van der Waals surface area (Å²) in [6, 6.07) is -2.58. The number of carbonyl (C=O) groups is 4. The van der Waals surface area contributed by atoms with Gasteiger partial charge in [-0.05, 0) is 25.7 Å². The summed E-state index contributed by atoms with van der Waals surface area (Å²) in [6.07, 6.45) is 6.70. The molecule has 4 N–H and O–H groups in total. The van der Waals surface area contributed by atoms with E-state index < -0.39 is 54.5 Å². The minimum atomic E-state index is -1.51. The highest BCUT2D eigenvalue weighted by molar-refractivity contribution is 6.07. The highest BCUT2D eigenvalue weighted by atomic mass is 16.5. The number of hydrogen-bond donors (Lipinski definition) is 4. The minimum absolute atomic E-state index is 0.184. The van der Waals surface area contributed by atoms with Crippen LogP contribution < -0.4 is 10.6 Å². The van der Waals surface area contributed by atoms with Crippen molar-refractivity contribution >= 4 is 23.8 Å². The standard InChI is InChI=1S/C23H40N2O8/c1-3-5-9-13-32-19(28)17(15-26)24-21(30)23(11-7-8-12-23)22(31)25-18(16-27)20(29)33-14-10-6-4-2/h17-18,26-27H,3-16H2,1-2H3,(H,24,30)(H,25,31)/t17-,18-/m1/s1. The van der Waals surface area contributed by atoms with E-state index in [2.05, 4.69) is 10.6 Å². The van der Waals surface area contributed by atoms with Gasteiger partial charge >= 0.3 is 11.9 Å². The molecule has 1 aliphatic carbocycles. The Bertz CT molecular complexity index is 586. The van der Waals surface area contributed by atoms with Crippen molar-refractivity contribution in [3.63, 3.8) is 0 Å². The van der Waals surface area contributed by atoms with Gasteiger partial charge in [0, 0.05) is 0 Å². The number of aliphatic hydroxyl groups excluding tert-OH is 2. The fraction of sp³-hybridized carbons (Fsp3) is 0.826. The Kier molecular flexibility index (Phi) is 13.6. The molecule has 0 saturated heterocycles. The van der Waals surface area contributed by atoms with Crippen molar-refractivity contribution in [1.82, 2.24) is 10.6 Å². The molecule has 0 aromatic carbocycles. The Balaban J connectivity index is 2.78. The number of unbranched alkanes of at least 4 members (excludes halogenated alkanes) is 4. The second-order valence-electron chi connectivity index (χ2n) is 8.46. The molecule has 0 unspecified atom stereocenters. The fourth-order valence-electron chi connectivity index (χ4n) is 3.74. The molecule has 0 aromatic heterocycles. The summed E-state index contributed by atoms with van der Waals surface area (Å²) in [5.41, 5.74) is -1.51. The molecule has 1 fully saturated rings. The van der Waals surface area contributed by atoms with E-state index in [9.17, 15) is 29.4 Å². The normalized spacial score (nSPS) is 16.5. The zero-order chi connectivity index (χ0) is 24.7. The summed E-state index contributed by atoms with van der Waals surface area (Å²) in [4.78, 5) is 50.6. The number of hydrogen-bond acceptors (Lipinski definition) is 8. The van der Waals surface area contributed by atoms with Crippen LogP contribution >= 0.6 is 0 Å². The first-order chi connectivity index (χ1) is 15.9. The van der Waals surface area contributed by atoms with Crippen LogP contribution in [0.5, 0.6) is 0 Å². The minimum Gasteiger partial charge on any atom is -0.464 e. The third-order valence-electron chi connectivity index (χ3n) is 5.86. The van der Waals surface area contributed by atoms with Gasteiger partial charge in [0.2, 0.25) is 11.8 Å². The van der Waals surface area contributed by atoms with Crippen molar-refractivity contribution in [2.45, 2.75) is 90.1 Å². The number of rotatable bonds is 16. The van der Waals surface area contributed by atoms with E-state index in [-0.39, 0.29) is 26.1 Å². The molecule has 0 bridgehead atoms. The molecule has 0 spiro atoms. The van der Waals surface area contributed by atoms with Crippen LogP contribution in [0.1, 0.15) is 78.1 Å². The van der Waals surface area contributed by atoms with E-state index in [1.54, 1.807) is 0 Å². The lowest BCUT2D eigenvalue weighted by atomic mass is 9.83. The quantitative estimate of drug-likeness (QED) is 0.147. The molecule has 33 heavy (non-hydrogen) atoms. The van der Waals surface area contributed by atoms with Crippen molar-refractivity contribution in [3.8, 4) is 0 Å². The zero-order valence-electron chi connectivity index (χ0n) is 19.9. The first-order valence-corrected chi connectivity index (χ1v) is 12.0. The van der Waals surface area contributed by atoms with Crippen molar-refractivity contribution in [2.24, 2.45) is 5.41 Å². The highest BCUT2D eigenvalue weighted by Gasteiger charge is 2.49. The van der Waals surface area contributed by atoms with Crippen molar-refractivity contribution in [1.29, 1.82) is 0 Å². The van der Waals surface area contributed by atoms with Crippen molar-refractivity contribution in [3.05, 3.63) is 0 Å². The SMILES string of the molecule is CCCCCOC(=O)[C@@H](CO)NC(=O)C1(C(=O)N[C@H](CO)C(=O)OCCCCC)CCCC1. The van der Waals surface area contributed by atoms with Crippen molar-refractivity contribution < 1.29 is 38.9 Å². The van der Waals surface area contributed by atoms with Crippen LogP contribution in [0.15, 0.2) is 0 Å². The summed E-state index contributed by atoms with van der Waals surface area (Å²) in [5.74, 6) is -2.95. The van der Waals surface area contributed by atoms with Gasteiger partial charge in [0.1, 0.15) is 5.41 Å². The third-order valence-corrected chi connectivity index (χ3v) is 5.86. The van der Waals surface area contributed by atoms with Crippen LogP contribution in [0.3, 0.4) is 0 Å². The monoisotopic (exact) mass is 472 g/mol. The Hall–Kier alpha value is -2.20. The van der Waals surface area contributed by atoms with E-state index >= 15 is 0 Å². The molecule has 1 rings (SSSR count). The molecule has 10 heteroatoms. The summed E-state index contributed by atoms with van der Waals surface area (Å²) in [6.45, 7) is 3.06. The fourth-order valence-corrected chi connectivity index (χ4v) is 3.74. The molecule has 1 saturated carbocycles. The van der Waals surface area contributed by atoms with Gasteiger partial charge in [0.25, 0.3) is 0 Å². The van der Waals surface area contributed by atoms with Crippen LogP contribution in [0, 0.1) is 5.41 Å². The van der Waals surface area contributed by atoms with E-state index in [0.717, 1.165) is 25.7 Å². The summed E-state index contributed by atoms with van der Waals surface area (Å²) < 4.78 is 10.2. The Labute approximate surface area is 195 Å². The van der Waals surface area contributed by atoms with E-state index in [4.69, 9.17) is 9.47 Å². The molecule has 0 aliphatic heterocycles. The maximum atomic E-state index is 13.1. The van der Waals surface area contributed by atoms with Crippen LogP contribution in [0.2, 0.25) is 0 Å². The second-order valence-corrected chi connectivity index (χ2v) is 8.46. The lowest BCUT2D eigenvalue weighted by molar-refractivity contribution is -0.155. The Morgan fingerprint density at radius 3 is 1.48 bits per heavy atom. The number of carbonyl (C=O) groups excluding carboxylic acids is 4. The maximum Gasteiger partial charge on any atom is 0.331 e. The van der Waals surface area contributed by atoms with E-state index in [1.165, 1.54) is 0 Å². The van der Waals surface area contributed by atoms with Gasteiger partial charge < -0.3 is 30.3 Å². The van der Waals surface area contributed by atoms with Crippen LogP contribution in [-0.4, -0.2) is 72.5 Å². The van der Waals surface area contributed by atoms with E-state index in [1.807, 2.05) is 13.8 Å². The third kappa shape index (κ3) is 8.92. The maximum absolute atomic E-state index is 13.1. The Morgan fingerprint density at radius 1 is 0.758 bits per heavy atom. The average Bonchev–Trinajstić information content (AvgIpc) is 3.32. The number of aliphatic hydroxyl groups is 2. The first-order valence-electron chi connectivity index (χ1n) is 12.0. The second kappa shape index (κ2) is 15.6. The van der Waals surface area contributed by atoms with Gasteiger partial charge in [-0.1, -0.05) is 52.4 Å². The molecule has 0 radical (unpaired) electrons. The van der Waals surface area contributed by atoms with Crippen LogP contribution in [0.4, 0.5) is 0 Å². The zero-order valence-corrected chi connectivity index (χ0v) is 19.9. The smallest absolute Gasteiger partial charge is 0.331 e. The predicted octanol–water partition coefficient (Wildman–Crippen LogP) is 0.968. The number of esters is 2. The number of nitrogens with one attached hydrogen (secondary N) is 2. The topological polar surface area (TPSA) is 151 Å². The molecular formula is C23H40N2O8. The largest absolute Gasteiger partial charge is 0.464 e. The highest BCUT2D eigenvalue weighted by Crippen LogP contribution is 2.39. The van der Waals surface area contributed by atoms with Gasteiger partial charge in [-0.15, -0.1) is 0 Å².